The van der Waals surface area contributed by atoms with Crippen LogP contribution in [0.1, 0.15) is 43.0 Å². The molecule has 2 aliphatic rings. The molecular weight excluding hydrogens is 292 g/mol. The molecular formula is C19H12O4. The molecule has 4 heteroatoms. The molecule has 0 N–H and O–H groups in total. The van der Waals surface area contributed by atoms with Gasteiger partial charge >= 0.3 is 11.9 Å². The van der Waals surface area contributed by atoms with E-state index in [1.807, 2.05) is 30.3 Å². The van der Waals surface area contributed by atoms with Gasteiger partial charge in [0.1, 0.15) is 11.5 Å². The van der Waals surface area contributed by atoms with Crippen LogP contribution in [0.25, 0.3) is 11.5 Å². The number of hydrogen-bond acceptors (Lipinski definition) is 4. The minimum Gasteiger partial charge on any atom is -0.423 e. The van der Waals surface area contributed by atoms with Crippen molar-refractivity contribution in [3.05, 3.63) is 82.9 Å². The highest BCUT2D eigenvalue weighted by molar-refractivity contribution is 6.03. The quantitative estimate of drug-likeness (QED) is 0.796. The number of esters is 2. The number of cyclic esters (lactones) is 2. The average molecular weight is 304 g/mol. The first kappa shape index (κ1) is 13.5. The van der Waals surface area contributed by atoms with Crippen LogP contribution in [0.5, 0.6) is 0 Å². The monoisotopic (exact) mass is 304 g/mol. The van der Waals surface area contributed by atoms with Crippen molar-refractivity contribution in [1.29, 1.82) is 0 Å². The Bertz CT molecular complexity index is 845. The van der Waals surface area contributed by atoms with Crippen LogP contribution in [0.15, 0.2) is 49.6 Å². The van der Waals surface area contributed by atoms with Gasteiger partial charge in [0.15, 0.2) is 0 Å². The molecule has 2 aromatic carbocycles. The highest BCUT2D eigenvalue weighted by atomic mass is 16.5. The Labute approximate surface area is 132 Å². The standard InChI is InChI=1S/C19H12O4/c1-10-14-5-3-13(9-17(14)19(21)22-10)7-12-4-6-15-16(8-12)11(2)23-18(15)20/h3-6,8-9H,1-2,7H2. The van der Waals surface area contributed by atoms with Crippen LogP contribution < -0.4 is 0 Å². The van der Waals surface area contributed by atoms with Crippen molar-refractivity contribution in [1.82, 2.24) is 0 Å². The topological polar surface area (TPSA) is 52.6 Å². The van der Waals surface area contributed by atoms with E-state index in [-0.39, 0.29) is 11.9 Å². The number of hydrogen-bond donors (Lipinski definition) is 0. The molecule has 0 atom stereocenters. The number of ether oxygens (including phenoxy) is 2. The van der Waals surface area contributed by atoms with Gasteiger partial charge in [-0.2, -0.15) is 0 Å². The van der Waals surface area contributed by atoms with Crippen LogP contribution in [-0.4, -0.2) is 11.9 Å². The van der Waals surface area contributed by atoms with Crippen LogP contribution in [-0.2, 0) is 15.9 Å². The van der Waals surface area contributed by atoms with Crippen LogP contribution in [0.4, 0.5) is 0 Å². The van der Waals surface area contributed by atoms with Gasteiger partial charge in [-0.05, 0) is 35.7 Å². The Morgan fingerprint density at radius 2 is 1.22 bits per heavy atom. The van der Waals surface area contributed by atoms with E-state index < -0.39 is 0 Å². The lowest BCUT2D eigenvalue weighted by atomic mass is 9.97. The third kappa shape index (κ3) is 2.07. The Morgan fingerprint density at radius 3 is 1.91 bits per heavy atom. The molecule has 0 aliphatic carbocycles. The predicted octanol–water partition coefficient (Wildman–Crippen LogP) is 3.56. The van der Waals surface area contributed by atoms with E-state index in [9.17, 15) is 9.59 Å². The van der Waals surface area contributed by atoms with E-state index in [1.165, 1.54) is 0 Å². The molecule has 0 bridgehead atoms. The number of rotatable bonds is 2. The molecule has 2 aliphatic heterocycles. The summed E-state index contributed by atoms with van der Waals surface area (Å²) in [6.45, 7) is 7.46. The molecule has 4 nitrogen and oxygen atoms in total. The van der Waals surface area contributed by atoms with Crippen molar-refractivity contribution in [3.8, 4) is 0 Å². The zero-order valence-electron chi connectivity index (χ0n) is 12.2. The van der Waals surface area contributed by atoms with E-state index >= 15 is 0 Å². The van der Waals surface area contributed by atoms with Gasteiger partial charge in [-0.3, -0.25) is 0 Å². The molecule has 0 radical (unpaired) electrons. The molecule has 0 saturated heterocycles. The Hall–Kier alpha value is -3.14. The molecule has 0 fully saturated rings. The van der Waals surface area contributed by atoms with Gasteiger partial charge in [0, 0.05) is 11.1 Å². The second kappa shape index (κ2) is 4.68. The second-order valence-electron chi connectivity index (χ2n) is 5.56. The average Bonchev–Trinajstić information content (AvgIpc) is 2.96. The Morgan fingerprint density at radius 1 is 0.696 bits per heavy atom. The van der Waals surface area contributed by atoms with Crippen LogP contribution in [0.2, 0.25) is 0 Å². The third-order valence-electron chi connectivity index (χ3n) is 4.05. The minimum absolute atomic E-state index is 0.365. The molecule has 0 aromatic heterocycles. The Balaban J connectivity index is 1.68. The third-order valence-corrected chi connectivity index (χ3v) is 4.05. The van der Waals surface area contributed by atoms with Gasteiger partial charge in [-0.25, -0.2) is 9.59 Å². The summed E-state index contributed by atoms with van der Waals surface area (Å²) >= 11 is 0. The molecule has 0 unspecified atom stereocenters. The fraction of sp³-hybridized carbons (Fsp3) is 0.0526. The summed E-state index contributed by atoms with van der Waals surface area (Å²) in [5, 5.41) is 0. The fourth-order valence-corrected chi connectivity index (χ4v) is 2.90. The zero-order chi connectivity index (χ0) is 16.1. The van der Waals surface area contributed by atoms with Crippen molar-refractivity contribution in [2.45, 2.75) is 6.42 Å². The summed E-state index contributed by atoms with van der Waals surface area (Å²) in [6.07, 6.45) is 0.627. The molecule has 2 aromatic rings. The minimum atomic E-state index is -0.367. The number of carbonyl (C=O) groups excluding carboxylic acids is 2. The van der Waals surface area contributed by atoms with Crippen molar-refractivity contribution in [3.63, 3.8) is 0 Å². The number of benzene rings is 2. The van der Waals surface area contributed by atoms with Crippen molar-refractivity contribution in [2.24, 2.45) is 0 Å². The summed E-state index contributed by atoms with van der Waals surface area (Å²) in [4.78, 5) is 23.4. The summed E-state index contributed by atoms with van der Waals surface area (Å²) in [5.74, 6) is 0.0326. The maximum atomic E-state index is 11.8. The molecule has 23 heavy (non-hydrogen) atoms. The van der Waals surface area contributed by atoms with Crippen LogP contribution in [0, 0.1) is 0 Å². The highest BCUT2D eigenvalue weighted by Gasteiger charge is 2.26. The van der Waals surface area contributed by atoms with E-state index in [1.54, 1.807) is 6.07 Å². The van der Waals surface area contributed by atoms with Crippen LogP contribution in [0.3, 0.4) is 0 Å². The summed E-state index contributed by atoms with van der Waals surface area (Å²) < 4.78 is 10.0. The van der Waals surface area contributed by atoms with Crippen molar-refractivity contribution in [2.75, 3.05) is 0 Å². The molecule has 0 amide bonds. The summed E-state index contributed by atoms with van der Waals surface area (Å²) in [5.41, 5.74) is 4.52. The molecule has 112 valence electrons. The van der Waals surface area contributed by atoms with E-state index in [0.29, 0.717) is 29.1 Å². The number of carbonyl (C=O) groups is 2. The molecule has 2 heterocycles. The summed E-state index contributed by atoms with van der Waals surface area (Å²) in [7, 11) is 0. The first-order chi connectivity index (χ1) is 11.0. The lowest BCUT2D eigenvalue weighted by Crippen LogP contribution is -1.97. The van der Waals surface area contributed by atoms with Gasteiger partial charge in [0.25, 0.3) is 0 Å². The maximum Gasteiger partial charge on any atom is 0.344 e. The SMILES string of the molecule is C=C1OC(=O)c2ccc(Cc3ccc4c(c3)C(=O)OC4=C)cc21. The molecule has 0 saturated carbocycles. The van der Waals surface area contributed by atoms with Crippen molar-refractivity contribution >= 4 is 23.5 Å². The largest absolute Gasteiger partial charge is 0.423 e. The normalized spacial score (nSPS) is 15.3. The van der Waals surface area contributed by atoms with E-state index in [2.05, 4.69) is 13.2 Å². The Kier molecular flexibility index (Phi) is 2.75. The maximum absolute atomic E-state index is 11.8. The predicted molar refractivity (Wildman–Crippen MR) is 84.6 cm³/mol. The lowest BCUT2D eigenvalue weighted by Gasteiger charge is -2.05. The fourth-order valence-electron chi connectivity index (χ4n) is 2.90. The van der Waals surface area contributed by atoms with Crippen molar-refractivity contribution < 1.29 is 19.1 Å². The smallest absolute Gasteiger partial charge is 0.344 e. The lowest BCUT2D eigenvalue weighted by molar-refractivity contribution is 0.0706. The van der Waals surface area contributed by atoms with Gasteiger partial charge in [-0.15, -0.1) is 0 Å². The van der Waals surface area contributed by atoms with Crippen LogP contribution >= 0.6 is 0 Å². The van der Waals surface area contributed by atoms with Gasteiger partial charge in [0.05, 0.1) is 11.1 Å². The zero-order valence-corrected chi connectivity index (χ0v) is 12.2. The second-order valence-corrected chi connectivity index (χ2v) is 5.56. The van der Waals surface area contributed by atoms with Gasteiger partial charge in [-0.1, -0.05) is 31.4 Å². The number of fused-ring (bicyclic) bond motifs is 2. The first-order valence-electron chi connectivity index (χ1n) is 7.12. The van der Waals surface area contributed by atoms with E-state index in [4.69, 9.17) is 9.47 Å². The first-order valence-corrected chi connectivity index (χ1v) is 7.12. The highest BCUT2D eigenvalue weighted by Crippen LogP contribution is 2.31. The molecule has 4 rings (SSSR count). The molecule has 0 spiro atoms. The summed E-state index contributed by atoms with van der Waals surface area (Å²) in [6, 6.07) is 11.1. The van der Waals surface area contributed by atoms with Gasteiger partial charge < -0.3 is 9.47 Å². The van der Waals surface area contributed by atoms with E-state index in [0.717, 1.165) is 22.3 Å². The van der Waals surface area contributed by atoms with Gasteiger partial charge in [0.2, 0.25) is 0 Å².